The van der Waals surface area contributed by atoms with Gasteiger partial charge in [0.25, 0.3) is 0 Å². The topological polar surface area (TPSA) is 61.4 Å². The quantitative estimate of drug-likeness (QED) is 0.648. The van der Waals surface area contributed by atoms with Crippen LogP contribution in [0.2, 0.25) is 0 Å². The van der Waals surface area contributed by atoms with E-state index in [1.54, 1.807) is 11.8 Å². The van der Waals surface area contributed by atoms with E-state index in [2.05, 4.69) is 10.6 Å². The Morgan fingerprint density at radius 3 is 2.81 bits per heavy atom. The van der Waals surface area contributed by atoms with Crippen molar-refractivity contribution in [2.75, 3.05) is 26.2 Å². The van der Waals surface area contributed by atoms with Crippen LogP contribution in [0.1, 0.15) is 13.3 Å². The molecule has 2 aliphatic heterocycles. The lowest BCUT2D eigenvalue weighted by atomic mass is 10.1. The van der Waals surface area contributed by atoms with Gasteiger partial charge in [-0.05, 0) is 19.9 Å². The summed E-state index contributed by atoms with van der Waals surface area (Å²) in [5, 5.41) is 5.93. The molecule has 2 saturated heterocycles. The van der Waals surface area contributed by atoms with Crippen molar-refractivity contribution in [3.05, 3.63) is 0 Å². The van der Waals surface area contributed by atoms with Crippen LogP contribution in [0.5, 0.6) is 0 Å². The summed E-state index contributed by atoms with van der Waals surface area (Å²) in [4.78, 5) is 25.2. The van der Waals surface area contributed by atoms with Crippen molar-refractivity contribution >= 4 is 24.2 Å². The normalized spacial score (nSPS) is 29.6. The van der Waals surface area contributed by atoms with Crippen molar-refractivity contribution in [3.63, 3.8) is 0 Å². The third-order valence-electron chi connectivity index (χ3n) is 3.19. The van der Waals surface area contributed by atoms with Crippen LogP contribution in [0.3, 0.4) is 0 Å². The molecule has 2 N–H and O–H groups in total. The van der Waals surface area contributed by atoms with Crippen molar-refractivity contribution in [1.29, 1.82) is 0 Å². The Hall–Kier alpha value is -0.810. The summed E-state index contributed by atoms with van der Waals surface area (Å²) in [5.74, 6) is 0.154. The van der Waals surface area contributed by atoms with Crippen molar-refractivity contribution in [1.82, 2.24) is 15.5 Å². The maximum atomic E-state index is 12.1. The molecule has 5 nitrogen and oxygen atoms in total. The van der Waals surface area contributed by atoms with Crippen molar-refractivity contribution in [3.8, 4) is 0 Å². The molecular weight excluding hydrogens is 230 g/mol. The van der Waals surface area contributed by atoms with Crippen LogP contribution in [-0.4, -0.2) is 48.9 Å². The fourth-order valence-electron chi connectivity index (χ4n) is 2.18. The van der Waals surface area contributed by atoms with Crippen LogP contribution in [0, 0.1) is 5.92 Å². The second kappa shape index (κ2) is 5.50. The van der Waals surface area contributed by atoms with Gasteiger partial charge in [-0.25, -0.2) is 0 Å². The zero-order valence-electron chi connectivity index (χ0n) is 9.36. The van der Waals surface area contributed by atoms with Gasteiger partial charge in [-0.15, -0.1) is 12.4 Å². The van der Waals surface area contributed by atoms with E-state index in [1.807, 2.05) is 0 Å². The molecule has 2 atom stereocenters. The lowest BCUT2D eigenvalue weighted by molar-refractivity contribution is -0.145. The highest BCUT2D eigenvalue weighted by Gasteiger charge is 2.34. The maximum absolute atomic E-state index is 12.1. The minimum atomic E-state index is -0.313. The monoisotopic (exact) mass is 247 g/mol. The average Bonchev–Trinajstić information content (AvgIpc) is 2.74. The fourth-order valence-corrected chi connectivity index (χ4v) is 2.18. The van der Waals surface area contributed by atoms with E-state index in [-0.39, 0.29) is 36.2 Å². The van der Waals surface area contributed by atoms with E-state index in [1.165, 1.54) is 0 Å². The third-order valence-corrected chi connectivity index (χ3v) is 3.19. The second-order valence-electron chi connectivity index (χ2n) is 4.19. The van der Waals surface area contributed by atoms with Gasteiger partial charge in [0.05, 0.1) is 5.92 Å². The van der Waals surface area contributed by atoms with E-state index in [0.717, 1.165) is 19.5 Å². The SMILES string of the molecule is CC1C(=O)NCCN1C(=O)[C@H]1CCNC1.Cl. The summed E-state index contributed by atoms with van der Waals surface area (Å²) in [7, 11) is 0. The van der Waals surface area contributed by atoms with Gasteiger partial charge in [0, 0.05) is 19.6 Å². The Morgan fingerprint density at radius 1 is 1.44 bits per heavy atom. The van der Waals surface area contributed by atoms with E-state index in [4.69, 9.17) is 0 Å². The predicted octanol–water partition coefficient (Wildman–Crippen LogP) is -0.635. The number of piperazine rings is 1. The largest absolute Gasteiger partial charge is 0.353 e. The fraction of sp³-hybridized carbons (Fsp3) is 0.800. The molecule has 2 fully saturated rings. The van der Waals surface area contributed by atoms with Crippen LogP contribution < -0.4 is 10.6 Å². The predicted molar refractivity (Wildman–Crippen MR) is 62.4 cm³/mol. The number of amides is 2. The molecule has 0 aliphatic carbocycles. The van der Waals surface area contributed by atoms with Crippen LogP contribution in [-0.2, 0) is 9.59 Å². The Bertz CT molecular complexity index is 279. The van der Waals surface area contributed by atoms with Crippen LogP contribution in [0.4, 0.5) is 0 Å². The Labute approximate surface area is 101 Å². The molecular formula is C10H18ClN3O2. The first-order valence-electron chi connectivity index (χ1n) is 5.49. The number of hydrogen-bond acceptors (Lipinski definition) is 3. The maximum Gasteiger partial charge on any atom is 0.242 e. The molecule has 0 saturated carbocycles. The van der Waals surface area contributed by atoms with Gasteiger partial charge in [-0.3, -0.25) is 9.59 Å². The molecule has 2 rings (SSSR count). The molecule has 92 valence electrons. The number of halogens is 1. The molecule has 0 spiro atoms. The lowest BCUT2D eigenvalue weighted by Crippen LogP contribution is -2.57. The van der Waals surface area contributed by atoms with E-state index >= 15 is 0 Å². The minimum absolute atomic E-state index is 0. The van der Waals surface area contributed by atoms with E-state index in [9.17, 15) is 9.59 Å². The third kappa shape index (κ3) is 2.47. The van der Waals surface area contributed by atoms with Gasteiger partial charge in [0.1, 0.15) is 6.04 Å². The summed E-state index contributed by atoms with van der Waals surface area (Å²) in [6.07, 6.45) is 0.893. The first-order chi connectivity index (χ1) is 7.20. The van der Waals surface area contributed by atoms with Crippen LogP contribution >= 0.6 is 12.4 Å². The Balaban J connectivity index is 0.00000128. The molecule has 0 aromatic rings. The highest BCUT2D eigenvalue weighted by Crippen LogP contribution is 2.15. The number of nitrogens with zero attached hydrogens (tertiary/aromatic N) is 1. The smallest absolute Gasteiger partial charge is 0.242 e. The molecule has 0 radical (unpaired) electrons. The standard InChI is InChI=1S/C10H17N3O2.ClH/c1-7-9(14)12-4-5-13(7)10(15)8-2-3-11-6-8;/h7-8,11H,2-6H2,1H3,(H,12,14);1H/t7?,8-;/m0./s1. The summed E-state index contributed by atoms with van der Waals surface area (Å²) in [6, 6.07) is -0.313. The molecule has 16 heavy (non-hydrogen) atoms. The molecule has 6 heteroatoms. The molecule has 0 aromatic carbocycles. The molecule has 2 aliphatic rings. The van der Waals surface area contributed by atoms with E-state index < -0.39 is 0 Å². The zero-order chi connectivity index (χ0) is 10.8. The molecule has 0 aromatic heterocycles. The Kier molecular flexibility index (Phi) is 4.56. The summed E-state index contributed by atoms with van der Waals surface area (Å²) < 4.78 is 0. The Morgan fingerprint density at radius 2 is 2.19 bits per heavy atom. The molecule has 1 unspecified atom stereocenters. The summed E-state index contributed by atoms with van der Waals surface area (Å²) in [6.45, 7) is 4.67. The van der Waals surface area contributed by atoms with Crippen LogP contribution in [0.25, 0.3) is 0 Å². The van der Waals surface area contributed by atoms with Gasteiger partial charge in [0.2, 0.25) is 11.8 Å². The highest BCUT2D eigenvalue weighted by atomic mass is 35.5. The van der Waals surface area contributed by atoms with Crippen molar-refractivity contribution in [2.45, 2.75) is 19.4 Å². The molecule has 2 heterocycles. The number of hydrogen-bond donors (Lipinski definition) is 2. The summed E-state index contributed by atoms with van der Waals surface area (Å²) in [5.41, 5.74) is 0. The minimum Gasteiger partial charge on any atom is -0.353 e. The second-order valence-corrected chi connectivity index (χ2v) is 4.19. The first-order valence-corrected chi connectivity index (χ1v) is 5.49. The van der Waals surface area contributed by atoms with Crippen molar-refractivity contribution < 1.29 is 9.59 Å². The van der Waals surface area contributed by atoms with Gasteiger partial charge >= 0.3 is 0 Å². The lowest BCUT2D eigenvalue weighted by Gasteiger charge is -2.34. The molecule has 0 bridgehead atoms. The van der Waals surface area contributed by atoms with Gasteiger partial charge < -0.3 is 15.5 Å². The number of nitrogens with one attached hydrogen (secondary N) is 2. The zero-order valence-corrected chi connectivity index (χ0v) is 10.2. The van der Waals surface area contributed by atoms with E-state index in [0.29, 0.717) is 13.1 Å². The molecule has 2 amide bonds. The average molecular weight is 248 g/mol. The number of carbonyl (C=O) groups is 2. The van der Waals surface area contributed by atoms with Gasteiger partial charge in [-0.1, -0.05) is 0 Å². The highest BCUT2D eigenvalue weighted by molar-refractivity contribution is 5.89. The number of carbonyl (C=O) groups excluding carboxylic acids is 2. The van der Waals surface area contributed by atoms with Crippen LogP contribution in [0.15, 0.2) is 0 Å². The van der Waals surface area contributed by atoms with Gasteiger partial charge in [-0.2, -0.15) is 0 Å². The summed E-state index contributed by atoms with van der Waals surface area (Å²) >= 11 is 0. The van der Waals surface area contributed by atoms with Gasteiger partial charge in [0.15, 0.2) is 0 Å². The first kappa shape index (κ1) is 13.3. The number of rotatable bonds is 1. The van der Waals surface area contributed by atoms with Crippen molar-refractivity contribution in [2.24, 2.45) is 5.92 Å².